The van der Waals surface area contributed by atoms with Gasteiger partial charge in [0, 0.05) is 33.1 Å². The van der Waals surface area contributed by atoms with Crippen LogP contribution in [0.1, 0.15) is 43.2 Å². The maximum absolute atomic E-state index is 2.67. The van der Waals surface area contributed by atoms with E-state index in [4.69, 9.17) is 0 Å². The van der Waals surface area contributed by atoms with Crippen LogP contribution in [0.15, 0.2) is 231 Å². The molecule has 0 aromatic heterocycles. The van der Waals surface area contributed by atoms with Gasteiger partial charge in [0.2, 0.25) is 0 Å². The molecule has 0 radical (unpaired) electrons. The van der Waals surface area contributed by atoms with Crippen molar-refractivity contribution in [2.45, 2.75) is 37.5 Å². The van der Waals surface area contributed by atoms with Crippen LogP contribution in [-0.4, -0.2) is 0 Å². The van der Waals surface area contributed by atoms with Gasteiger partial charge >= 0.3 is 0 Å². The molecule has 70 heavy (non-hydrogen) atoms. The molecule has 5 aliphatic carbocycles. The van der Waals surface area contributed by atoms with Gasteiger partial charge in [0.05, 0.1) is 22.7 Å². The van der Waals surface area contributed by atoms with Crippen LogP contribution in [-0.2, 0) is 5.41 Å². The van der Waals surface area contributed by atoms with E-state index in [2.05, 4.69) is 240 Å². The minimum Gasteiger partial charge on any atom is -0.310 e. The van der Waals surface area contributed by atoms with Gasteiger partial charge in [0.15, 0.2) is 0 Å². The summed E-state index contributed by atoms with van der Waals surface area (Å²) < 4.78 is 0. The van der Waals surface area contributed by atoms with Crippen LogP contribution >= 0.6 is 0 Å². The lowest BCUT2D eigenvalue weighted by Crippen LogP contribution is -2.55. The third-order valence-electron chi connectivity index (χ3n) is 17.3. The van der Waals surface area contributed by atoms with Crippen LogP contribution in [0, 0.1) is 23.7 Å². The molecule has 334 valence electrons. The number of hydrogen-bond donors (Lipinski definition) is 0. The molecule has 0 unspecified atom stereocenters. The van der Waals surface area contributed by atoms with Crippen molar-refractivity contribution >= 4 is 66.4 Å². The average molecular weight is 897 g/mol. The van der Waals surface area contributed by atoms with Crippen LogP contribution in [0.2, 0.25) is 0 Å². The van der Waals surface area contributed by atoms with Crippen LogP contribution in [0.5, 0.6) is 0 Å². The van der Waals surface area contributed by atoms with Gasteiger partial charge in [-0.25, -0.2) is 0 Å². The van der Waals surface area contributed by atoms with E-state index in [1.54, 1.807) is 11.1 Å². The maximum atomic E-state index is 2.67. The van der Waals surface area contributed by atoms with Gasteiger partial charge in [0.1, 0.15) is 0 Å². The van der Waals surface area contributed by atoms with Gasteiger partial charge in [-0.1, -0.05) is 182 Å². The number of rotatable bonds is 8. The molecule has 4 saturated carbocycles. The Morgan fingerprint density at radius 1 is 0.329 bits per heavy atom. The molecule has 0 N–H and O–H groups in total. The number of hydrogen-bond acceptors (Lipinski definition) is 2. The smallest absolute Gasteiger partial charge is 0.0540 e. The molecule has 16 rings (SSSR count). The zero-order valence-corrected chi connectivity index (χ0v) is 39.2. The summed E-state index contributed by atoms with van der Waals surface area (Å²) in [6.45, 7) is 0. The lowest BCUT2D eigenvalue weighted by Gasteiger charge is -2.61. The Hall–Kier alpha value is -7.94. The maximum Gasteiger partial charge on any atom is 0.0540 e. The van der Waals surface area contributed by atoms with E-state index >= 15 is 0 Å². The molecule has 11 aromatic rings. The lowest BCUT2D eigenvalue weighted by atomic mass is 9.43. The second-order valence-corrected chi connectivity index (χ2v) is 20.8. The third kappa shape index (κ3) is 5.74. The first-order chi connectivity index (χ1) is 34.7. The first-order valence-electron chi connectivity index (χ1n) is 25.6. The largest absolute Gasteiger partial charge is 0.310 e. The van der Waals surface area contributed by atoms with Gasteiger partial charge in [-0.15, -0.1) is 0 Å². The van der Waals surface area contributed by atoms with E-state index in [9.17, 15) is 0 Å². The molecule has 2 heteroatoms. The zero-order chi connectivity index (χ0) is 45.9. The van der Waals surface area contributed by atoms with Crippen molar-refractivity contribution in [3.8, 4) is 33.4 Å². The van der Waals surface area contributed by atoms with E-state index in [-0.39, 0.29) is 5.41 Å². The van der Waals surface area contributed by atoms with Gasteiger partial charge in [-0.05, 0) is 165 Å². The first-order valence-corrected chi connectivity index (χ1v) is 25.6. The highest BCUT2D eigenvalue weighted by atomic mass is 15.2. The van der Waals surface area contributed by atoms with Crippen LogP contribution < -0.4 is 9.80 Å². The Morgan fingerprint density at radius 2 is 0.771 bits per heavy atom. The van der Waals surface area contributed by atoms with Crippen molar-refractivity contribution in [3.63, 3.8) is 0 Å². The summed E-state index contributed by atoms with van der Waals surface area (Å²) in [5.74, 6) is 2.94. The molecule has 0 amide bonds. The normalized spacial score (nSPS) is 20.6. The highest BCUT2D eigenvalue weighted by molar-refractivity contribution is 6.28. The summed E-state index contributed by atoms with van der Waals surface area (Å²) in [4.78, 5) is 5.14. The molecule has 2 nitrogen and oxygen atoms in total. The number of fused-ring (bicyclic) bond motifs is 3. The van der Waals surface area contributed by atoms with Gasteiger partial charge in [-0.2, -0.15) is 0 Å². The van der Waals surface area contributed by atoms with Crippen LogP contribution in [0.25, 0.3) is 65.7 Å². The van der Waals surface area contributed by atoms with Gasteiger partial charge in [0.25, 0.3) is 0 Å². The molecule has 0 atom stereocenters. The first kappa shape index (κ1) is 40.0. The highest BCUT2D eigenvalue weighted by Gasteiger charge is 2.62. The molecule has 1 spiro atoms. The minimum atomic E-state index is -0.0534. The quantitative estimate of drug-likeness (QED) is 0.140. The SMILES string of the molecule is c1ccc(-c2ccccc2N(c2ccccc2)c2ccc3ccc4c(N(c5ccccc5)c5cccc6c5C5(c7cccc(-c8ccccc8)c7-6)C6CC7CC(C6)CC5C7)ccc5ccc2c3c54)cc1. The summed E-state index contributed by atoms with van der Waals surface area (Å²) >= 11 is 0. The highest BCUT2D eigenvalue weighted by Crippen LogP contribution is 2.72. The second kappa shape index (κ2) is 15.5. The van der Waals surface area contributed by atoms with E-state index in [0.29, 0.717) is 11.8 Å². The topological polar surface area (TPSA) is 6.48 Å². The molecular weight excluding hydrogens is 845 g/mol. The van der Waals surface area contributed by atoms with Crippen molar-refractivity contribution < 1.29 is 0 Å². The van der Waals surface area contributed by atoms with E-state index in [1.165, 1.54) is 121 Å². The van der Waals surface area contributed by atoms with E-state index in [0.717, 1.165) is 23.2 Å². The average Bonchev–Trinajstić information content (AvgIpc) is 3.73. The third-order valence-corrected chi connectivity index (χ3v) is 17.3. The Labute approximate surface area is 410 Å². The molecular formula is C68H52N2. The van der Waals surface area contributed by atoms with E-state index in [1.807, 2.05) is 0 Å². The van der Waals surface area contributed by atoms with Crippen molar-refractivity contribution in [2.75, 3.05) is 9.80 Å². The van der Waals surface area contributed by atoms with Crippen molar-refractivity contribution in [1.29, 1.82) is 0 Å². The van der Waals surface area contributed by atoms with Crippen LogP contribution in [0.4, 0.5) is 34.1 Å². The molecule has 0 saturated heterocycles. The molecule has 0 aliphatic heterocycles. The fraction of sp³-hybridized carbons (Fsp3) is 0.147. The van der Waals surface area contributed by atoms with Crippen LogP contribution in [0.3, 0.4) is 0 Å². The summed E-state index contributed by atoms with van der Waals surface area (Å²) in [5.41, 5.74) is 18.2. The zero-order valence-electron chi connectivity index (χ0n) is 39.2. The predicted molar refractivity (Wildman–Crippen MR) is 294 cm³/mol. The van der Waals surface area contributed by atoms with Crippen molar-refractivity contribution in [1.82, 2.24) is 0 Å². The molecule has 4 bridgehead atoms. The fourth-order valence-corrected chi connectivity index (χ4v) is 15.0. The second-order valence-electron chi connectivity index (χ2n) is 20.8. The molecule has 11 aromatic carbocycles. The fourth-order valence-electron chi connectivity index (χ4n) is 15.0. The minimum absolute atomic E-state index is 0.0534. The Morgan fingerprint density at radius 3 is 1.36 bits per heavy atom. The predicted octanol–water partition coefficient (Wildman–Crippen LogP) is 18.6. The van der Waals surface area contributed by atoms with Crippen molar-refractivity contribution in [3.05, 3.63) is 242 Å². The standard InChI is InChI=1S/C68H52N2/c1-5-17-46(18-6-1)54-25-13-14-29-60(54)69(52-21-9-3-10-22-52)61-37-33-48-32-36-57-62(38-34-49-31-35-56(61)64(48)65(49)57)70(53-23-11-4-12-24-53)63-30-16-27-58-66-55(47-19-7-2-8-20-47)26-15-28-59(66)68(67(58)63)50-40-44-39-45(42-50)43-51(68)41-44/h1-38,44-45,50-51H,39-43H2. The van der Waals surface area contributed by atoms with E-state index < -0.39 is 0 Å². The molecule has 5 aliphatic rings. The Balaban J connectivity index is 0.986. The molecule has 4 fully saturated rings. The Bertz CT molecular complexity index is 3760. The Kier molecular flexibility index (Phi) is 8.88. The summed E-state index contributed by atoms with van der Waals surface area (Å²) in [7, 11) is 0. The summed E-state index contributed by atoms with van der Waals surface area (Å²) in [6.07, 6.45) is 6.75. The molecule has 0 heterocycles. The van der Waals surface area contributed by atoms with Gasteiger partial charge in [-0.3, -0.25) is 0 Å². The summed E-state index contributed by atoms with van der Waals surface area (Å²) in [6, 6.07) is 86.7. The lowest BCUT2D eigenvalue weighted by molar-refractivity contribution is -0.0397. The van der Waals surface area contributed by atoms with Crippen molar-refractivity contribution in [2.24, 2.45) is 23.7 Å². The van der Waals surface area contributed by atoms with Gasteiger partial charge < -0.3 is 9.80 Å². The number of nitrogens with zero attached hydrogens (tertiary/aromatic N) is 2. The number of benzene rings is 11. The summed E-state index contributed by atoms with van der Waals surface area (Å²) in [5, 5.41) is 7.63. The number of anilines is 6. The monoisotopic (exact) mass is 896 g/mol. The number of para-hydroxylation sites is 3.